The van der Waals surface area contributed by atoms with E-state index in [2.05, 4.69) is 166 Å². The number of terminal acetylenes is 1. The second kappa shape index (κ2) is 35.8. The Morgan fingerprint density at radius 2 is 0.605 bits per heavy atom. The number of anilines is 12. The van der Waals surface area contributed by atoms with E-state index in [1.807, 2.05) is 43.1 Å². The fourth-order valence-corrected chi connectivity index (χ4v) is 15.2. The van der Waals surface area contributed by atoms with Crippen LogP contribution in [0.2, 0.25) is 0 Å². The second-order valence-electron chi connectivity index (χ2n) is 31.3. The van der Waals surface area contributed by atoms with Gasteiger partial charge in [-0.2, -0.15) is 29.9 Å². The predicted octanol–water partition coefficient (Wildman–Crippen LogP) is 14.0. The number of nitrogens with zero attached hydrogens (tertiary/aromatic N) is 19. The number of aromatic nitrogens is 18. The van der Waals surface area contributed by atoms with Crippen molar-refractivity contribution in [3.63, 3.8) is 0 Å². The Labute approximate surface area is 664 Å². The lowest BCUT2D eigenvalue weighted by molar-refractivity contribution is 0.445. The van der Waals surface area contributed by atoms with Gasteiger partial charge in [0.15, 0.2) is 34.9 Å². The number of pyridine rings is 6. The molecule has 0 radical (unpaired) electrons. The maximum Gasteiger partial charge on any atom is 0.222 e. The predicted molar refractivity (Wildman–Crippen MR) is 457 cm³/mol. The number of aryl methyl sites for hydroxylation is 3. The summed E-state index contributed by atoms with van der Waals surface area (Å²) in [4.78, 5) is 80.9. The van der Waals surface area contributed by atoms with Crippen LogP contribution in [-0.2, 0) is 19.3 Å². The van der Waals surface area contributed by atoms with Crippen LogP contribution < -0.4 is 65.9 Å². The zero-order valence-electron chi connectivity index (χ0n) is 65.7. The van der Waals surface area contributed by atoms with E-state index in [0.29, 0.717) is 88.7 Å². The van der Waals surface area contributed by atoms with E-state index in [4.69, 9.17) is 40.8 Å². The summed E-state index contributed by atoms with van der Waals surface area (Å²) in [6.07, 6.45) is 50.5. The number of nitrogens with one attached hydrogen (secondary N) is 5. The molecule has 1 saturated heterocycles. The summed E-state index contributed by atoms with van der Waals surface area (Å²) in [6, 6.07) is 14.7. The first-order valence-corrected chi connectivity index (χ1v) is 41.2. The van der Waals surface area contributed by atoms with Crippen molar-refractivity contribution in [2.45, 2.75) is 243 Å². The van der Waals surface area contributed by atoms with Crippen LogP contribution in [0.3, 0.4) is 0 Å². The summed E-state index contributed by atoms with van der Waals surface area (Å²) in [7, 11) is 0. The summed E-state index contributed by atoms with van der Waals surface area (Å²) >= 11 is 0. The molecule has 8 fully saturated rings. The minimum absolute atomic E-state index is 0.236. The SMILES string of the molecule is C#Cc1cnc2c(NC3CCC3)nc(N)nc2c1.CCc1cnc2c(N3CCCCC3)nc(N)nc2c1.CCc1cnc2c(NC3CCC3)nc(N)nc2c1.CCc1cnc2c(NC3CCCC3)nc(N)nc2c1.Nc1nc(NC2CCC2)c2ncc(C3CC3)cc2n1.Nc1nc(NC2CCC2)c2ncc(C3CCCC3)cc2n1. The quantitative estimate of drug-likeness (QED) is 0.0400. The molecule has 592 valence electrons. The molecule has 12 aromatic heterocycles. The standard InChI is InChI=1S/C16H21N5.C14H17N5.2C14H19N5.C13H17N5.C13H13N5/c17-16-20-13-8-11(10-4-1-2-5-10)9-18-14(13)15(21-16)19-12-6-3-7-12;15-14-18-11-6-9(8-4-5-8)7-16-12(11)13(19-14)17-10-2-1-3-10;1-2-9-7-11-12(16-8-9)13(19-14(15)18-11)17-10-5-3-4-6-10;1-2-10-8-11-12(16-9-10)13(18-14(15)17-11)19-6-4-3-5-7-19;2*1-2-8-6-10-11(15-7-8)12(18-13(14)17-10)16-9-4-3-5-9/h8-10,12H,1-7H2,(H3,17,19,20,21);6-8,10H,1-5H2,(H3,15,17,18,19);7-8,10H,2-6H2,1H3,(H3,15,17,18,19);8-9H,2-7H2,1H3,(H2,15,17,18);6-7,9H,2-5H2,1H3,(H3,14,16,17,18);1,6-7,9H,3-5H2,(H3,14,16,17,18). The molecule has 20 rings (SSSR count). The molecular formula is C84H106N30. The average molecular weight is 1540 g/mol. The van der Waals surface area contributed by atoms with Gasteiger partial charge in [0.1, 0.15) is 33.1 Å². The van der Waals surface area contributed by atoms with E-state index in [-0.39, 0.29) is 5.95 Å². The molecule has 0 bridgehead atoms. The fourth-order valence-electron chi connectivity index (χ4n) is 15.2. The number of hydrogen-bond donors (Lipinski definition) is 11. The first-order valence-electron chi connectivity index (χ1n) is 41.2. The average Bonchev–Trinajstić information content (AvgIpc) is 1.48. The molecule has 0 spiro atoms. The lowest BCUT2D eigenvalue weighted by atomic mass is 9.93. The fraction of sp³-hybridized carbons (Fsp3) is 0.476. The summed E-state index contributed by atoms with van der Waals surface area (Å²) in [5.74, 6) is 10.4. The van der Waals surface area contributed by atoms with Gasteiger partial charge < -0.3 is 65.9 Å². The third-order valence-corrected chi connectivity index (χ3v) is 22.9. The first kappa shape index (κ1) is 77.4. The Kier molecular flexibility index (Phi) is 24.3. The van der Waals surface area contributed by atoms with Gasteiger partial charge in [0.25, 0.3) is 0 Å². The number of rotatable bonds is 16. The van der Waals surface area contributed by atoms with E-state index in [9.17, 15) is 0 Å². The minimum Gasteiger partial charge on any atom is -0.368 e. The summed E-state index contributed by atoms with van der Waals surface area (Å²) in [5, 5.41) is 17.1. The van der Waals surface area contributed by atoms with Crippen LogP contribution in [0.15, 0.2) is 73.6 Å². The molecule has 0 atom stereocenters. The van der Waals surface area contributed by atoms with Crippen LogP contribution in [-0.4, -0.2) is 133 Å². The highest BCUT2D eigenvalue weighted by Crippen LogP contribution is 2.42. The van der Waals surface area contributed by atoms with E-state index < -0.39 is 0 Å². The molecule has 7 saturated carbocycles. The molecule has 30 heteroatoms. The van der Waals surface area contributed by atoms with E-state index in [0.717, 1.165) is 146 Å². The van der Waals surface area contributed by atoms with E-state index >= 15 is 0 Å². The Hall–Kier alpha value is -11.9. The number of hydrogen-bond acceptors (Lipinski definition) is 30. The Morgan fingerprint density at radius 1 is 0.316 bits per heavy atom. The maximum atomic E-state index is 5.87. The largest absolute Gasteiger partial charge is 0.368 e. The molecule has 12 aromatic rings. The molecule has 0 amide bonds. The van der Waals surface area contributed by atoms with Crippen molar-refractivity contribution in [3.05, 3.63) is 107 Å². The summed E-state index contributed by atoms with van der Waals surface area (Å²) < 4.78 is 0. The molecule has 0 unspecified atom stereocenters. The van der Waals surface area contributed by atoms with Crippen LogP contribution in [0.25, 0.3) is 66.2 Å². The van der Waals surface area contributed by atoms with Crippen molar-refractivity contribution >= 4 is 137 Å². The highest BCUT2D eigenvalue weighted by molar-refractivity contribution is 5.91. The van der Waals surface area contributed by atoms with Gasteiger partial charge in [0, 0.05) is 86.0 Å². The smallest absolute Gasteiger partial charge is 0.222 e. The lowest BCUT2D eigenvalue weighted by Crippen LogP contribution is -2.30. The monoisotopic (exact) mass is 1530 g/mol. The molecule has 7 aliphatic carbocycles. The van der Waals surface area contributed by atoms with Gasteiger partial charge in [-0.3, -0.25) is 24.9 Å². The van der Waals surface area contributed by atoms with Crippen molar-refractivity contribution in [1.82, 2.24) is 89.7 Å². The van der Waals surface area contributed by atoms with Gasteiger partial charge in [0.05, 0.1) is 33.1 Å². The van der Waals surface area contributed by atoms with Crippen molar-refractivity contribution in [3.8, 4) is 12.3 Å². The molecule has 17 N–H and O–H groups in total. The molecule has 8 aliphatic rings. The van der Waals surface area contributed by atoms with Crippen molar-refractivity contribution in [2.24, 2.45) is 0 Å². The molecule has 0 aromatic carbocycles. The van der Waals surface area contributed by atoms with Crippen molar-refractivity contribution in [1.29, 1.82) is 0 Å². The van der Waals surface area contributed by atoms with Crippen LogP contribution >= 0.6 is 0 Å². The summed E-state index contributed by atoms with van der Waals surface area (Å²) in [5.41, 5.74) is 51.4. The zero-order valence-corrected chi connectivity index (χ0v) is 65.7. The van der Waals surface area contributed by atoms with Gasteiger partial charge in [-0.05, 0) is 230 Å². The highest BCUT2D eigenvalue weighted by atomic mass is 15.2. The van der Waals surface area contributed by atoms with Crippen LogP contribution in [0.1, 0.15) is 227 Å². The van der Waals surface area contributed by atoms with Crippen LogP contribution in [0, 0.1) is 12.3 Å². The normalized spacial score (nSPS) is 17.1. The Bertz CT molecular complexity index is 5400. The number of fused-ring (bicyclic) bond motifs is 6. The highest BCUT2D eigenvalue weighted by Gasteiger charge is 2.28. The third kappa shape index (κ3) is 19.1. The number of nitrogens with two attached hydrogens (primary N) is 6. The first-order chi connectivity index (χ1) is 55.6. The maximum absolute atomic E-state index is 5.87. The third-order valence-electron chi connectivity index (χ3n) is 22.9. The Balaban J connectivity index is 0.000000108. The van der Waals surface area contributed by atoms with Gasteiger partial charge in [0.2, 0.25) is 35.7 Å². The zero-order chi connectivity index (χ0) is 78.6. The second-order valence-corrected chi connectivity index (χ2v) is 31.3. The van der Waals surface area contributed by atoms with Crippen molar-refractivity contribution in [2.75, 3.05) is 79.0 Å². The van der Waals surface area contributed by atoms with Crippen LogP contribution in [0.4, 0.5) is 70.6 Å². The molecular weight excluding hydrogens is 1430 g/mol. The van der Waals surface area contributed by atoms with E-state index in [1.54, 1.807) is 12.3 Å². The van der Waals surface area contributed by atoms with Crippen LogP contribution in [0.5, 0.6) is 0 Å². The minimum atomic E-state index is 0.236. The molecule has 114 heavy (non-hydrogen) atoms. The number of nitrogen functional groups attached to an aromatic ring is 6. The lowest BCUT2D eigenvalue weighted by Gasteiger charge is -2.28. The molecule has 30 nitrogen and oxygen atoms in total. The van der Waals surface area contributed by atoms with E-state index in [1.165, 1.54) is 164 Å². The Morgan fingerprint density at radius 3 is 0.939 bits per heavy atom. The van der Waals surface area contributed by atoms with Gasteiger partial charge in [-0.15, -0.1) is 6.42 Å². The van der Waals surface area contributed by atoms with Gasteiger partial charge in [-0.25, -0.2) is 34.9 Å². The van der Waals surface area contributed by atoms with Gasteiger partial charge in [-0.1, -0.05) is 52.4 Å². The molecule has 13 heterocycles. The summed E-state index contributed by atoms with van der Waals surface area (Å²) in [6.45, 7) is 8.37. The molecule has 1 aliphatic heterocycles. The van der Waals surface area contributed by atoms with Gasteiger partial charge >= 0.3 is 0 Å². The van der Waals surface area contributed by atoms with Crippen molar-refractivity contribution < 1.29 is 0 Å². The topological polar surface area (TPSA) is 452 Å². The number of piperidine rings is 1.